The molecule has 0 unspecified atom stereocenters. The summed E-state index contributed by atoms with van der Waals surface area (Å²) in [7, 11) is 1.82. The third-order valence-corrected chi connectivity index (χ3v) is 3.10. The van der Waals surface area contributed by atoms with Crippen molar-refractivity contribution in [2.75, 3.05) is 23.8 Å². The van der Waals surface area contributed by atoms with Crippen molar-refractivity contribution in [3.63, 3.8) is 0 Å². The van der Waals surface area contributed by atoms with Gasteiger partial charge in [0.25, 0.3) is 0 Å². The molecule has 0 atom stereocenters. The summed E-state index contributed by atoms with van der Waals surface area (Å²) in [5.41, 5.74) is 7.95. The zero-order valence-corrected chi connectivity index (χ0v) is 11.8. The maximum absolute atomic E-state index is 13.0. The van der Waals surface area contributed by atoms with E-state index >= 15 is 0 Å². The van der Waals surface area contributed by atoms with Crippen molar-refractivity contribution in [2.45, 2.75) is 6.54 Å². The molecule has 21 heavy (non-hydrogen) atoms. The number of likely N-dealkylation sites (N-methyl/N-ethyl adjacent to an activating group) is 1. The fourth-order valence-electron chi connectivity index (χ4n) is 1.96. The van der Waals surface area contributed by atoms with Gasteiger partial charge in [0.15, 0.2) is 0 Å². The van der Waals surface area contributed by atoms with Crippen LogP contribution in [0.3, 0.4) is 0 Å². The Morgan fingerprint density at radius 2 is 1.95 bits per heavy atom. The number of amides is 1. The van der Waals surface area contributed by atoms with Gasteiger partial charge in [0, 0.05) is 25.0 Å². The van der Waals surface area contributed by atoms with Gasteiger partial charge >= 0.3 is 0 Å². The highest BCUT2D eigenvalue weighted by molar-refractivity contribution is 5.94. The van der Waals surface area contributed by atoms with Gasteiger partial charge in [-0.25, -0.2) is 4.39 Å². The first-order valence-corrected chi connectivity index (χ1v) is 6.64. The summed E-state index contributed by atoms with van der Waals surface area (Å²) in [5, 5.41) is 2.67. The molecular formula is C16H18FN3O. The van der Waals surface area contributed by atoms with E-state index in [-0.39, 0.29) is 18.3 Å². The number of carbonyl (C=O) groups excluding carboxylic acids is 1. The number of nitrogens with zero attached hydrogens (tertiary/aromatic N) is 1. The van der Waals surface area contributed by atoms with Crippen molar-refractivity contribution in [1.29, 1.82) is 0 Å². The quantitative estimate of drug-likeness (QED) is 0.887. The largest absolute Gasteiger partial charge is 0.365 e. The van der Waals surface area contributed by atoms with E-state index in [0.717, 1.165) is 11.3 Å². The van der Waals surface area contributed by atoms with Gasteiger partial charge in [-0.3, -0.25) is 4.79 Å². The molecule has 0 fully saturated rings. The number of carbonyl (C=O) groups is 1. The molecule has 0 aliphatic carbocycles. The van der Waals surface area contributed by atoms with Crippen LogP contribution in [0.4, 0.5) is 15.8 Å². The molecule has 2 rings (SSSR count). The summed E-state index contributed by atoms with van der Waals surface area (Å²) in [4.78, 5) is 13.7. The summed E-state index contributed by atoms with van der Waals surface area (Å²) >= 11 is 0. The number of hydrogen-bond acceptors (Lipinski definition) is 3. The molecule has 3 N–H and O–H groups in total. The Morgan fingerprint density at radius 1 is 1.24 bits per heavy atom. The van der Waals surface area contributed by atoms with Crippen molar-refractivity contribution < 1.29 is 9.18 Å². The number of nitrogens with one attached hydrogen (secondary N) is 1. The van der Waals surface area contributed by atoms with E-state index in [1.54, 1.807) is 12.1 Å². The monoisotopic (exact) mass is 287 g/mol. The second-order valence-corrected chi connectivity index (χ2v) is 4.79. The fraction of sp³-hybridized carbons (Fsp3) is 0.188. The van der Waals surface area contributed by atoms with Gasteiger partial charge in [0.05, 0.1) is 6.54 Å². The Balaban J connectivity index is 1.95. The molecular weight excluding hydrogens is 269 g/mol. The van der Waals surface area contributed by atoms with E-state index in [2.05, 4.69) is 5.32 Å². The normalized spacial score (nSPS) is 10.2. The van der Waals surface area contributed by atoms with E-state index < -0.39 is 0 Å². The van der Waals surface area contributed by atoms with Gasteiger partial charge in [-0.2, -0.15) is 0 Å². The predicted octanol–water partition coefficient (Wildman–Crippen LogP) is 2.36. The summed E-state index contributed by atoms with van der Waals surface area (Å²) in [5.74, 6) is -0.579. The summed E-state index contributed by atoms with van der Waals surface area (Å²) in [6, 6.07) is 13.5. The molecule has 0 saturated heterocycles. The molecule has 4 nitrogen and oxygen atoms in total. The van der Waals surface area contributed by atoms with Crippen LogP contribution < -0.4 is 16.0 Å². The van der Waals surface area contributed by atoms with Gasteiger partial charge in [-0.1, -0.05) is 18.2 Å². The second-order valence-electron chi connectivity index (χ2n) is 4.79. The van der Waals surface area contributed by atoms with Gasteiger partial charge < -0.3 is 16.0 Å². The minimum Gasteiger partial charge on any atom is -0.365 e. The SMILES string of the molecule is CN(CC(=O)Nc1cccc(F)c1)c1ccc(CN)cc1. The number of nitrogens with two attached hydrogens (primary N) is 1. The van der Waals surface area contributed by atoms with E-state index in [1.807, 2.05) is 36.2 Å². The van der Waals surface area contributed by atoms with Crippen LogP contribution in [0.15, 0.2) is 48.5 Å². The van der Waals surface area contributed by atoms with E-state index in [0.29, 0.717) is 12.2 Å². The molecule has 0 spiro atoms. The number of benzene rings is 2. The molecule has 0 aromatic heterocycles. The van der Waals surface area contributed by atoms with Crippen LogP contribution in [-0.2, 0) is 11.3 Å². The fourth-order valence-corrected chi connectivity index (χ4v) is 1.96. The Kier molecular flexibility index (Phi) is 4.90. The van der Waals surface area contributed by atoms with Crippen LogP contribution >= 0.6 is 0 Å². The van der Waals surface area contributed by atoms with Gasteiger partial charge in [0.2, 0.25) is 5.91 Å². The minimum atomic E-state index is -0.376. The maximum atomic E-state index is 13.0. The first-order valence-electron chi connectivity index (χ1n) is 6.64. The van der Waals surface area contributed by atoms with Crippen LogP contribution in [0.25, 0.3) is 0 Å². The highest BCUT2D eigenvalue weighted by Crippen LogP contribution is 2.14. The summed E-state index contributed by atoms with van der Waals surface area (Å²) in [6.45, 7) is 0.669. The number of halogens is 1. The molecule has 0 radical (unpaired) electrons. The Labute approximate surface area is 123 Å². The molecule has 110 valence electrons. The minimum absolute atomic E-state index is 0.179. The van der Waals surface area contributed by atoms with Gasteiger partial charge in [-0.15, -0.1) is 0 Å². The molecule has 0 aliphatic heterocycles. The number of anilines is 2. The summed E-state index contributed by atoms with van der Waals surface area (Å²) < 4.78 is 13.0. The zero-order valence-electron chi connectivity index (χ0n) is 11.8. The van der Waals surface area contributed by atoms with E-state index in [9.17, 15) is 9.18 Å². The molecule has 0 heterocycles. The third kappa shape index (κ3) is 4.29. The maximum Gasteiger partial charge on any atom is 0.243 e. The van der Waals surface area contributed by atoms with Gasteiger partial charge in [0.1, 0.15) is 5.82 Å². The number of hydrogen-bond donors (Lipinski definition) is 2. The molecule has 1 amide bonds. The lowest BCUT2D eigenvalue weighted by Gasteiger charge is -2.19. The highest BCUT2D eigenvalue weighted by atomic mass is 19.1. The Morgan fingerprint density at radius 3 is 2.57 bits per heavy atom. The van der Waals surface area contributed by atoms with Crippen molar-refractivity contribution in [3.05, 3.63) is 59.9 Å². The average Bonchev–Trinajstić information content (AvgIpc) is 2.47. The van der Waals surface area contributed by atoms with Crippen LogP contribution in [0.5, 0.6) is 0 Å². The lowest BCUT2D eigenvalue weighted by molar-refractivity contribution is -0.114. The Hall–Kier alpha value is -2.40. The smallest absolute Gasteiger partial charge is 0.243 e. The zero-order chi connectivity index (χ0) is 15.2. The van der Waals surface area contributed by atoms with Crippen LogP contribution in [-0.4, -0.2) is 19.5 Å². The topological polar surface area (TPSA) is 58.4 Å². The van der Waals surface area contributed by atoms with E-state index in [4.69, 9.17) is 5.73 Å². The molecule has 0 bridgehead atoms. The molecule has 2 aromatic carbocycles. The lowest BCUT2D eigenvalue weighted by atomic mass is 10.2. The van der Waals surface area contributed by atoms with Crippen molar-refractivity contribution in [1.82, 2.24) is 0 Å². The van der Waals surface area contributed by atoms with Crippen LogP contribution in [0.2, 0.25) is 0 Å². The molecule has 2 aromatic rings. The van der Waals surface area contributed by atoms with Crippen LogP contribution in [0.1, 0.15) is 5.56 Å². The first kappa shape index (κ1) is 15.0. The van der Waals surface area contributed by atoms with Crippen LogP contribution in [0, 0.1) is 5.82 Å². The van der Waals surface area contributed by atoms with Crippen molar-refractivity contribution in [3.8, 4) is 0 Å². The molecule has 0 saturated carbocycles. The predicted molar refractivity (Wildman–Crippen MR) is 82.6 cm³/mol. The molecule has 0 aliphatic rings. The summed E-state index contributed by atoms with van der Waals surface area (Å²) in [6.07, 6.45) is 0. The molecule has 5 heteroatoms. The highest BCUT2D eigenvalue weighted by Gasteiger charge is 2.08. The standard InChI is InChI=1S/C16H18FN3O/c1-20(15-7-5-12(10-18)6-8-15)11-16(21)19-14-4-2-3-13(17)9-14/h2-9H,10-11,18H2,1H3,(H,19,21). The van der Waals surface area contributed by atoms with Crippen molar-refractivity contribution >= 4 is 17.3 Å². The van der Waals surface area contributed by atoms with E-state index in [1.165, 1.54) is 12.1 Å². The lowest BCUT2D eigenvalue weighted by Crippen LogP contribution is -2.30. The Bertz CT molecular complexity index is 613. The van der Waals surface area contributed by atoms with Gasteiger partial charge in [-0.05, 0) is 35.9 Å². The first-order chi connectivity index (χ1) is 10.1. The second kappa shape index (κ2) is 6.85. The number of rotatable bonds is 5. The van der Waals surface area contributed by atoms with Crippen molar-refractivity contribution in [2.24, 2.45) is 5.73 Å². The average molecular weight is 287 g/mol. The third-order valence-electron chi connectivity index (χ3n) is 3.10.